The van der Waals surface area contributed by atoms with E-state index in [1.807, 2.05) is 18.4 Å². The largest absolute Gasteiger partial charge is 0.480 e. The van der Waals surface area contributed by atoms with Gasteiger partial charge in [-0.2, -0.15) is 11.8 Å². The van der Waals surface area contributed by atoms with Crippen LogP contribution in [0.2, 0.25) is 0 Å². The van der Waals surface area contributed by atoms with Crippen LogP contribution in [0.4, 0.5) is 0 Å². The standard InChI is InChI=1S/C19H26N2O5S.C14H15NO3/c1-27-13-9-15(17(23)24)20-18(25)19(10-3-2-4-11-19)21-16(22)8-7-14-6-5-12-26-14;16-13-14(8-2-1-3-9-14)15-12(18-13)7-6-11-5-4-10-17-11/h5-8,12,15H,2-4,9-11,13H2,1H3,(H,20,25)(H,21,22)(H,23,24);4-7,10H,1-3,8-9H2/b8-7+;7-6+/t15-;/m0./s1. The lowest BCUT2D eigenvalue weighted by molar-refractivity contribution is -0.143. The van der Waals surface area contributed by atoms with Crippen LogP contribution in [0.15, 0.2) is 62.8 Å². The summed E-state index contributed by atoms with van der Waals surface area (Å²) in [6, 6.07) is 6.12. The topological polar surface area (TPSA) is 160 Å². The van der Waals surface area contributed by atoms with Crippen molar-refractivity contribution in [3.63, 3.8) is 0 Å². The molecule has 2 aliphatic carbocycles. The SMILES string of the molecule is CSCC[C@H](NC(=O)C1(NC(=O)/C=C/c2ccco2)CCCCC1)C(=O)O.O=C1OC(/C=C/c2ccco2)=NC12CCCCC2. The highest BCUT2D eigenvalue weighted by Crippen LogP contribution is 2.36. The van der Waals surface area contributed by atoms with Crippen molar-refractivity contribution in [1.82, 2.24) is 10.6 Å². The van der Waals surface area contributed by atoms with Crippen LogP contribution in [0, 0.1) is 0 Å². The zero-order valence-corrected chi connectivity index (χ0v) is 26.3. The fourth-order valence-corrected chi connectivity index (χ4v) is 6.18. The van der Waals surface area contributed by atoms with Crippen molar-refractivity contribution in [3.8, 4) is 0 Å². The maximum absolute atomic E-state index is 12.9. The van der Waals surface area contributed by atoms with Gasteiger partial charge in [-0.15, -0.1) is 0 Å². The van der Waals surface area contributed by atoms with E-state index >= 15 is 0 Å². The van der Waals surface area contributed by atoms with E-state index in [0.29, 0.717) is 36.7 Å². The van der Waals surface area contributed by atoms with Crippen LogP contribution in [0.1, 0.15) is 82.1 Å². The summed E-state index contributed by atoms with van der Waals surface area (Å²) >= 11 is 1.52. The monoisotopic (exact) mass is 639 g/mol. The number of nitrogens with one attached hydrogen (secondary N) is 2. The van der Waals surface area contributed by atoms with Crippen molar-refractivity contribution < 1.29 is 37.9 Å². The molecular weight excluding hydrogens is 598 g/mol. The molecular formula is C33H41N3O8S. The third-order valence-electron chi connectivity index (χ3n) is 8.18. The molecule has 0 aromatic carbocycles. The number of aliphatic imine (C=N–C) groups is 1. The molecule has 0 saturated heterocycles. The van der Waals surface area contributed by atoms with Gasteiger partial charge in [0.15, 0.2) is 5.54 Å². The molecule has 0 radical (unpaired) electrons. The molecule has 1 atom stereocenters. The fourth-order valence-electron chi connectivity index (χ4n) is 5.71. The number of hydrogen-bond donors (Lipinski definition) is 3. The van der Waals surface area contributed by atoms with Gasteiger partial charge in [0.25, 0.3) is 0 Å². The number of furan rings is 2. The molecule has 11 nitrogen and oxygen atoms in total. The van der Waals surface area contributed by atoms with E-state index in [0.717, 1.165) is 50.7 Å². The normalized spacial score (nSPS) is 19.4. The van der Waals surface area contributed by atoms with E-state index in [1.54, 1.807) is 30.5 Å². The number of nitrogens with zero attached hydrogens (tertiary/aromatic N) is 1. The summed E-state index contributed by atoms with van der Waals surface area (Å²) in [6.07, 6.45) is 20.1. The van der Waals surface area contributed by atoms with Crippen LogP contribution < -0.4 is 10.6 Å². The lowest BCUT2D eigenvalue weighted by Gasteiger charge is -2.37. The summed E-state index contributed by atoms with van der Waals surface area (Å²) in [7, 11) is 0. The Labute approximate surface area is 266 Å². The third-order valence-corrected chi connectivity index (χ3v) is 8.82. The Hall–Kier alpha value is -4.06. The highest BCUT2D eigenvalue weighted by atomic mass is 32.2. The lowest BCUT2D eigenvalue weighted by Crippen LogP contribution is -2.61. The predicted molar refractivity (Wildman–Crippen MR) is 171 cm³/mol. The summed E-state index contributed by atoms with van der Waals surface area (Å²) < 4.78 is 15.6. The first-order valence-corrected chi connectivity index (χ1v) is 16.7. The highest BCUT2D eigenvalue weighted by molar-refractivity contribution is 7.98. The van der Waals surface area contributed by atoms with E-state index in [2.05, 4.69) is 15.6 Å². The molecule has 0 unspecified atom stereocenters. The third kappa shape index (κ3) is 9.46. The van der Waals surface area contributed by atoms with Gasteiger partial charge >= 0.3 is 11.9 Å². The van der Waals surface area contributed by atoms with E-state index < -0.39 is 34.9 Å². The predicted octanol–water partition coefficient (Wildman–Crippen LogP) is 5.39. The maximum Gasteiger partial charge on any atom is 0.340 e. The number of amides is 2. The van der Waals surface area contributed by atoms with E-state index in [-0.39, 0.29) is 5.97 Å². The number of aliphatic carboxylic acids is 1. The number of carboxylic acid groups (broad SMARTS) is 1. The number of esters is 1. The van der Waals surface area contributed by atoms with Crippen molar-refractivity contribution in [2.24, 2.45) is 4.99 Å². The second kappa shape index (κ2) is 16.3. The van der Waals surface area contributed by atoms with Crippen LogP contribution in [0.25, 0.3) is 12.2 Å². The van der Waals surface area contributed by atoms with Crippen LogP contribution in [0.3, 0.4) is 0 Å². The number of thioether (sulfide) groups is 1. The van der Waals surface area contributed by atoms with Gasteiger partial charge in [-0.1, -0.05) is 38.5 Å². The Morgan fingerprint density at radius 1 is 0.956 bits per heavy atom. The smallest absolute Gasteiger partial charge is 0.340 e. The Balaban J connectivity index is 0.000000220. The molecule has 12 heteroatoms. The van der Waals surface area contributed by atoms with Crippen LogP contribution in [-0.2, 0) is 23.9 Å². The van der Waals surface area contributed by atoms with Gasteiger partial charge in [-0.3, -0.25) is 9.59 Å². The van der Waals surface area contributed by atoms with Crippen molar-refractivity contribution >= 4 is 53.6 Å². The average molecular weight is 640 g/mol. The molecule has 242 valence electrons. The molecule has 0 bridgehead atoms. The minimum atomic E-state index is -1.07. The number of rotatable bonds is 11. The van der Waals surface area contributed by atoms with Crippen molar-refractivity contribution in [1.29, 1.82) is 0 Å². The Kier molecular flexibility index (Phi) is 12.3. The molecule has 1 spiro atoms. The summed E-state index contributed by atoms with van der Waals surface area (Å²) in [5, 5.41) is 14.8. The van der Waals surface area contributed by atoms with Crippen LogP contribution in [-0.4, -0.2) is 63.9 Å². The van der Waals surface area contributed by atoms with Crippen molar-refractivity contribution in [3.05, 3.63) is 60.5 Å². The zero-order chi connectivity index (χ0) is 32.1. The summed E-state index contributed by atoms with van der Waals surface area (Å²) in [5.41, 5.74) is -1.67. The van der Waals surface area contributed by atoms with Gasteiger partial charge in [0, 0.05) is 12.2 Å². The maximum atomic E-state index is 12.9. The van der Waals surface area contributed by atoms with Gasteiger partial charge < -0.3 is 29.3 Å². The second-order valence-electron chi connectivity index (χ2n) is 11.4. The number of cyclic esters (lactones) is 1. The number of carbonyl (C=O) groups excluding carboxylic acids is 3. The summed E-state index contributed by atoms with van der Waals surface area (Å²) in [5.74, 6) is 0.207. The average Bonchev–Trinajstić information content (AvgIpc) is 3.81. The van der Waals surface area contributed by atoms with Gasteiger partial charge in [-0.25, -0.2) is 14.6 Å². The molecule has 2 fully saturated rings. The molecule has 3 N–H and O–H groups in total. The summed E-state index contributed by atoms with van der Waals surface area (Å²) in [6.45, 7) is 0. The minimum absolute atomic E-state index is 0.193. The molecule has 2 amide bonds. The number of hydrogen-bond acceptors (Lipinski definition) is 9. The molecule has 2 aromatic rings. The van der Waals surface area contributed by atoms with E-state index in [9.17, 15) is 24.3 Å². The second-order valence-corrected chi connectivity index (χ2v) is 12.4. The lowest BCUT2D eigenvalue weighted by atomic mass is 9.80. The van der Waals surface area contributed by atoms with Crippen molar-refractivity contribution in [2.45, 2.75) is 87.7 Å². The van der Waals surface area contributed by atoms with Crippen LogP contribution in [0.5, 0.6) is 0 Å². The molecule has 3 aliphatic rings. The zero-order valence-electron chi connectivity index (χ0n) is 25.5. The number of carbonyl (C=O) groups is 4. The van der Waals surface area contributed by atoms with Gasteiger partial charge in [0.1, 0.15) is 23.1 Å². The van der Waals surface area contributed by atoms with E-state index in [1.165, 1.54) is 36.6 Å². The molecule has 2 saturated carbocycles. The first kappa shape index (κ1) is 33.8. The van der Waals surface area contributed by atoms with Gasteiger partial charge in [-0.05, 0) is 80.5 Å². The first-order valence-electron chi connectivity index (χ1n) is 15.4. The van der Waals surface area contributed by atoms with Gasteiger partial charge in [0.05, 0.1) is 12.5 Å². The van der Waals surface area contributed by atoms with E-state index in [4.69, 9.17) is 13.6 Å². The summed E-state index contributed by atoms with van der Waals surface area (Å²) in [4.78, 5) is 53.2. The number of carboxylic acids is 1. The molecule has 45 heavy (non-hydrogen) atoms. The van der Waals surface area contributed by atoms with Crippen LogP contribution >= 0.6 is 11.8 Å². The molecule has 3 heterocycles. The molecule has 1 aliphatic heterocycles. The highest BCUT2D eigenvalue weighted by Gasteiger charge is 2.46. The molecule has 5 rings (SSSR count). The van der Waals surface area contributed by atoms with Gasteiger partial charge in [0.2, 0.25) is 17.7 Å². The molecule has 2 aromatic heterocycles. The number of ether oxygens (including phenoxy) is 1. The Morgan fingerprint density at radius 3 is 2.16 bits per heavy atom. The Morgan fingerprint density at radius 2 is 1.58 bits per heavy atom. The first-order chi connectivity index (χ1) is 21.7. The minimum Gasteiger partial charge on any atom is -0.480 e. The fraction of sp³-hybridized carbons (Fsp3) is 0.485. The quantitative estimate of drug-likeness (QED) is 0.216. The Bertz CT molecular complexity index is 1370. The van der Waals surface area contributed by atoms with Crippen molar-refractivity contribution in [2.75, 3.05) is 12.0 Å².